The Balaban J connectivity index is 1.89. The summed E-state index contributed by atoms with van der Waals surface area (Å²) in [4.78, 5) is 24.0. The molecule has 0 radical (unpaired) electrons. The molecule has 1 aliphatic heterocycles. The Bertz CT molecular complexity index is 935. The van der Waals surface area contributed by atoms with E-state index in [2.05, 4.69) is 17.0 Å². The average Bonchev–Trinajstić information content (AvgIpc) is 2.73. The third-order valence-electron chi connectivity index (χ3n) is 4.77. The summed E-state index contributed by atoms with van der Waals surface area (Å²) in [6.45, 7) is 1.97. The van der Waals surface area contributed by atoms with Crippen molar-refractivity contribution in [3.05, 3.63) is 54.1 Å². The van der Waals surface area contributed by atoms with Gasteiger partial charge in [-0.25, -0.2) is 14.8 Å². The molecule has 1 aliphatic rings. The van der Waals surface area contributed by atoms with E-state index in [0.29, 0.717) is 11.1 Å². The van der Waals surface area contributed by atoms with Crippen molar-refractivity contribution in [2.24, 2.45) is 0 Å². The van der Waals surface area contributed by atoms with E-state index in [1.807, 2.05) is 24.3 Å². The molecule has 5 nitrogen and oxygen atoms in total. The fourth-order valence-corrected chi connectivity index (χ4v) is 3.41. The molecule has 1 fully saturated rings. The van der Waals surface area contributed by atoms with Gasteiger partial charge >= 0.3 is 5.97 Å². The van der Waals surface area contributed by atoms with Gasteiger partial charge in [-0.2, -0.15) is 0 Å². The molecule has 1 saturated heterocycles. The summed E-state index contributed by atoms with van der Waals surface area (Å²) in [6, 6.07) is 15.5. The highest BCUT2D eigenvalue weighted by molar-refractivity contribution is 5.94. The summed E-state index contributed by atoms with van der Waals surface area (Å²) >= 11 is 0. The number of benzene rings is 2. The SMILES string of the molecule is COC(=O)c1ccc2nc(-c3ccccc3)c(N3CCCCC3)nc2c1. The van der Waals surface area contributed by atoms with Crippen LogP contribution in [-0.4, -0.2) is 36.1 Å². The maximum atomic E-state index is 11.9. The van der Waals surface area contributed by atoms with Gasteiger partial charge in [0.1, 0.15) is 5.69 Å². The molecule has 5 heteroatoms. The number of hydrogen-bond acceptors (Lipinski definition) is 5. The lowest BCUT2D eigenvalue weighted by molar-refractivity contribution is 0.0601. The van der Waals surface area contributed by atoms with Gasteiger partial charge in [0.15, 0.2) is 5.82 Å². The molecule has 0 N–H and O–H groups in total. The van der Waals surface area contributed by atoms with E-state index in [9.17, 15) is 4.79 Å². The van der Waals surface area contributed by atoms with E-state index in [-0.39, 0.29) is 5.97 Å². The summed E-state index contributed by atoms with van der Waals surface area (Å²) in [6.07, 6.45) is 3.58. The number of piperidine rings is 1. The fraction of sp³-hybridized carbons (Fsp3) is 0.286. The lowest BCUT2D eigenvalue weighted by Gasteiger charge is -2.29. The van der Waals surface area contributed by atoms with Gasteiger partial charge in [-0.3, -0.25) is 0 Å². The highest BCUT2D eigenvalue weighted by atomic mass is 16.5. The van der Waals surface area contributed by atoms with Crippen LogP contribution in [0.25, 0.3) is 22.3 Å². The lowest BCUT2D eigenvalue weighted by atomic mass is 10.1. The molecule has 132 valence electrons. The number of fused-ring (bicyclic) bond motifs is 1. The molecule has 0 amide bonds. The fourth-order valence-electron chi connectivity index (χ4n) is 3.41. The number of rotatable bonds is 3. The van der Waals surface area contributed by atoms with Crippen LogP contribution in [0.4, 0.5) is 5.82 Å². The smallest absolute Gasteiger partial charge is 0.337 e. The molecule has 0 aliphatic carbocycles. The van der Waals surface area contributed by atoms with E-state index >= 15 is 0 Å². The number of ether oxygens (including phenoxy) is 1. The van der Waals surface area contributed by atoms with Crippen LogP contribution in [0.3, 0.4) is 0 Å². The molecule has 1 aromatic heterocycles. The minimum absolute atomic E-state index is 0.361. The molecule has 3 aromatic rings. The maximum absolute atomic E-state index is 11.9. The first-order valence-corrected chi connectivity index (χ1v) is 8.97. The predicted molar refractivity (Wildman–Crippen MR) is 102 cm³/mol. The van der Waals surface area contributed by atoms with Gasteiger partial charge in [0.05, 0.1) is 23.7 Å². The highest BCUT2D eigenvalue weighted by Gasteiger charge is 2.20. The van der Waals surface area contributed by atoms with Crippen LogP contribution in [0.1, 0.15) is 29.6 Å². The first-order valence-electron chi connectivity index (χ1n) is 8.97. The van der Waals surface area contributed by atoms with Gasteiger partial charge in [-0.15, -0.1) is 0 Å². The number of esters is 1. The Kier molecular flexibility index (Phi) is 4.52. The van der Waals surface area contributed by atoms with Crippen LogP contribution in [-0.2, 0) is 4.74 Å². The van der Waals surface area contributed by atoms with Crippen LogP contribution in [0.2, 0.25) is 0 Å². The third kappa shape index (κ3) is 3.12. The zero-order valence-corrected chi connectivity index (χ0v) is 14.8. The van der Waals surface area contributed by atoms with E-state index in [0.717, 1.165) is 48.5 Å². The maximum Gasteiger partial charge on any atom is 0.337 e. The summed E-state index contributed by atoms with van der Waals surface area (Å²) in [5, 5.41) is 0. The van der Waals surface area contributed by atoms with Crippen molar-refractivity contribution in [1.82, 2.24) is 9.97 Å². The topological polar surface area (TPSA) is 55.3 Å². The molecule has 0 spiro atoms. The molecule has 0 saturated carbocycles. The van der Waals surface area contributed by atoms with Crippen LogP contribution in [0, 0.1) is 0 Å². The Morgan fingerprint density at radius 3 is 2.46 bits per heavy atom. The number of anilines is 1. The second kappa shape index (κ2) is 7.12. The molecule has 0 bridgehead atoms. The average molecular weight is 347 g/mol. The Morgan fingerprint density at radius 2 is 1.73 bits per heavy atom. The first-order chi connectivity index (χ1) is 12.8. The summed E-state index contributed by atoms with van der Waals surface area (Å²) in [7, 11) is 1.38. The number of hydrogen-bond donors (Lipinski definition) is 0. The molecule has 2 heterocycles. The second-order valence-electron chi connectivity index (χ2n) is 6.50. The number of aromatic nitrogens is 2. The minimum atomic E-state index is -0.361. The van der Waals surface area contributed by atoms with E-state index in [1.165, 1.54) is 13.5 Å². The van der Waals surface area contributed by atoms with E-state index < -0.39 is 0 Å². The molecule has 26 heavy (non-hydrogen) atoms. The number of nitrogens with zero attached hydrogens (tertiary/aromatic N) is 3. The van der Waals surface area contributed by atoms with Gasteiger partial charge in [-0.05, 0) is 37.5 Å². The normalized spacial score (nSPS) is 14.4. The van der Waals surface area contributed by atoms with Crippen molar-refractivity contribution < 1.29 is 9.53 Å². The number of carbonyl (C=O) groups excluding carboxylic acids is 1. The van der Waals surface area contributed by atoms with Crippen molar-refractivity contribution in [2.75, 3.05) is 25.1 Å². The quantitative estimate of drug-likeness (QED) is 0.669. The molecule has 2 aromatic carbocycles. The molecular formula is C21H21N3O2. The number of carbonyl (C=O) groups is 1. The Hall–Kier alpha value is -2.95. The van der Waals surface area contributed by atoms with Gasteiger partial charge in [0.25, 0.3) is 0 Å². The molecule has 0 atom stereocenters. The van der Waals surface area contributed by atoms with Crippen molar-refractivity contribution in [1.29, 1.82) is 0 Å². The van der Waals surface area contributed by atoms with Crippen LogP contribution < -0.4 is 4.90 Å². The zero-order chi connectivity index (χ0) is 17.9. The van der Waals surface area contributed by atoms with Crippen LogP contribution in [0.15, 0.2) is 48.5 Å². The monoisotopic (exact) mass is 347 g/mol. The largest absolute Gasteiger partial charge is 0.465 e. The van der Waals surface area contributed by atoms with Crippen molar-refractivity contribution in [3.8, 4) is 11.3 Å². The predicted octanol–water partition coefficient (Wildman–Crippen LogP) is 4.07. The summed E-state index contributed by atoms with van der Waals surface area (Å²) < 4.78 is 4.83. The first kappa shape index (κ1) is 16.5. The van der Waals surface area contributed by atoms with Crippen LogP contribution in [0.5, 0.6) is 0 Å². The standard InChI is InChI=1S/C21H21N3O2/c1-26-21(25)16-10-11-17-18(14-16)23-20(24-12-6-3-7-13-24)19(22-17)15-8-4-2-5-9-15/h2,4-5,8-11,14H,3,6-7,12-13H2,1H3. The van der Waals surface area contributed by atoms with Gasteiger partial charge < -0.3 is 9.64 Å². The van der Waals surface area contributed by atoms with E-state index in [1.54, 1.807) is 12.1 Å². The van der Waals surface area contributed by atoms with Gasteiger partial charge in [0, 0.05) is 18.7 Å². The third-order valence-corrected chi connectivity index (χ3v) is 4.77. The summed E-state index contributed by atoms with van der Waals surface area (Å²) in [5.41, 5.74) is 3.93. The molecule has 4 rings (SSSR count). The van der Waals surface area contributed by atoms with E-state index in [4.69, 9.17) is 14.7 Å². The second-order valence-corrected chi connectivity index (χ2v) is 6.50. The lowest BCUT2D eigenvalue weighted by Crippen LogP contribution is -2.31. The van der Waals surface area contributed by atoms with Crippen LogP contribution >= 0.6 is 0 Å². The molecular weight excluding hydrogens is 326 g/mol. The highest BCUT2D eigenvalue weighted by Crippen LogP contribution is 2.31. The summed E-state index contributed by atoms with van der Waals surface area (Å²) in [5.74, 6) is 0.533. The minimum Gasteiger partial charge on any atom is -0.465 e. The molecule has 0 unspecified atom stereocenters. The van der Waals surface area contributed by atoms with Crippen molar-refractivity contribution in [2.45, 2.75) is 19.3 Å². The Morgan fingerprint density at radius 1 is 0.962 bits per heavy atom. The van der Waals surface area contributed by atoms with Gasteiger partial charge in [-0.1, -0.05) is 30.3 Å². The van der Waals surface area contributed by atoms with Gasteiger partial charge in [0.2, 0.25) is 0 Å². The Labute approximate surface area is 152 Å². The van der Waals surface area contributed by atoms with Crippen molar-refractivity contribution in [3.63, 3.8) is 0 Å². The van der Waals surface area contributed by atoms with Crippen molar-refractivity contribution >= 4 is 22.8 Å². The number of methoxy groups -OCH3 is 1. The zero-order valence-electron chi connectivity index (χ0n) is 14.8.